The van der Waals surface area contributed by atoms with Crippen LogP contribution >= 0.6 is 23.2 Å². The fourth-order valence-corrected chi connectivity index (χ4v) is 1.68. The number of phenols is 1. The molecule has 0 aliphatic rings. The van der Waals surface area contributed by atoms with Crippen molar-refractivity contribution >= 4 is 29.0 Å². The topological polar surface area (TPSA) is 37.3 Å². The Labute approximate surface area is 92.5 Å². The molecule has 1 aromatic rings. The normalized spacial score (nSPS) is 10.2. The molecule has 0 saturated heterocycles. The number of Topliss-reactive ketones (excluding diaryl/α,β-unsaturated/α-hetero) is 1. The molecule has 0 atom stereocenters. The first-order chi connectivity index (χ1) is 6.52. The number of carbonyl (C=O) groups excluding carboxylic acids is 1. The van der Waals surface area contributed by atoms with Crippen LogP contribution in [0.2, 0.25) is 10.0 Å². The maximum absolute atomic E-state index is 10.8. The summed E-state index contributed by atoms with van der Waals surface area (Å²) in [5, 5.41) is 10.0. The Balaban J connectivity index is 2.95. The lowest BCUT2D eigenvalue weighted by Crippen LogP contribution is -1.95. The van der Waals surface area contributed by atoms with Crippen molar-refractivity contribution < 1.29 is 9.90 Å². The zero-order chi connectivity index (χ0) is 10.7. The molecule has 4 heteroatoms. The zero-order valence-corrected chi connectivity index (χ0v) is 9.19. The van der Waals surface area contributed by atoms with Gasteiger partial charge in [0.05, 0.1) is 5.02 Å². The third-order valence-electron chi connectivity index (χ3n) is 1.89. The Bertz CT molecular complexity index is 361. The highest BCUT2D eigenvalue weighted by molar-refractivity contribution is 6.36. The Morgan fingerprint density at radius 1 is 1.43 bits per heavy atom. The van der Waals surface area contributed by atoms with Gasteiger partial charge < -0.3 is 9.90 Å². The van der Waals surface area contributed by atoms with Crippen LogP contribution in [0.25, 0.3) is 0 Å². The average Bonchev–Trinajstić information content (AvgIpc) is 2.11. The molecule has 0 aliphatic heterocycles. The second kappa shape index (κ2) is 4.67. The van der Waals surface area contributed by atoms with Gasteiger partial charge in [0, 0.05) is 11.4 Å². The summed E-state index contributed by atoms with van der Waals surface area (Å²) >= 11 is 11.7. The molecule has 0 bridgehead atoms. The highest BCUT2D eigenvalue weighted by atomic mass is 35.5. The summed E-state index contributed by atoms with van der Waals surface area (Å²) in [6, 6.07) is 3.00. The third kappa shape index (κ3) is 2.63. The van der Waals surface area contributed by atoms with Gasteiger partial charge >= 0.3 is 0 Å². The molecule has 1 rings (SSSR count). The SMILES string of the molecule is CC(=O)CCc1c(Cl)ccc(O)c1Cl. The van der Waals surface area contributed by atoms with Crippen molar-refractivity contribution in [3.05, 3.63) is 27.7 Å². The summed E-state index contributed by atoms with van der Waals surface area (Å²) in [7, 11) is 0. The number of hydrogen-bond acceptors (Lipinski definition) is 2. The summed E-state index contributed by atoms with van der Waals surface area (Å²) in [5.41, 5.74) is 0.628. The number of halogens is 2. The summed E-state index contributed by atoms with van der Waals surface area (Å²) in [5.74, 6) is 0.0649. The molecule has 0 saturated carbocycles. The first kappa shape index (κ1) is 11.3. The number of rotatable bonds is 3. The predicted octanol–water partition coefficient (Wildman–Crippen LogP) is 3.22. The summed E-state index contributed by atoms with van der Waals surface area (Å²) in [6.07, 6.45) is 0.838. The van der Waals surface area contributed by atoms with Gasteiger partial charge in [0.2, 0.25) is 0 Å². The summed E-state index contributed by atoms with van der Waals surface area (Å²) < 4.78 is 0. The molecule has 14 heavy (non-hydrogen) atoms. The molecule has 0 heterocycles. The van der Waals surface area contributed by atoms with Crippen LogP contribution in [-0.4, -0.2) is 10.9 Å². The van der Waals surface area contributed by atoms with E-state index in [0.717, 1.165) is 0 Å². The number of phenolic OH excluding ortho intramolecular Hbond substituents is 1. The molecule has 0 fully saturated rings. The van der Waals surface area contributed by atoms with Gasteiger partial charge in [-0.2, -0.15) is 0 Å². The average molecular weight is 233 g/mol. The number of aromatic hydroxyl groups is 1. The Kier molecular flexibility index (Phi) is 3.78. The van der Waals surface area contributed by atoms with Crippen LogP contribution in [0.3, 0.4) is 0 Å². The lowest BCUT2D eigenvalue weighted by atomic mass is 10.1. The van der Waals surface area contributed by atoms with Gasteiger partial charge in [-0.1, -0.05) is 23.2 Å². The zero-order valence-electron chi connectivity index (χ0n) is 7.68. The first-order valence-corrected chi connectivity index (χ1v) is 4.93. The van der Waals surface area contributed by atoms with Crippen molar-refractivity contribution in [1.29, 1.82) is 0 Å². The lowest BCUT2D eigenvalue weighted by molar-refractivity contribution is -0.116. The number of ketones is 1. The standard InChI is InChI=1S/C10H10Cl2O2/c1-6(13)2-3-7-8(11)4-5-9(14)10(7)12/h4-5,14H,2-3H2,1H3. The molecule has 0 radical (unpaired) electrons. The van der Waals surface area contributed by atoms with Crippen molar-refractivity contribution in [2.75, 3.05) is 0 Å². The van der Waals surface area contributed by atoms with Crippen molar-refractivity contribution in [2.24, 2.45) is 0 Å². The molecule has 1 N–H and O–H groups in total. The van der Waals surface area contributed by atoms with Crippen LogP contribution in [-0.2, 0) is 11.2 Å². The van der Waals surface area contributed by atoms with Gasteiger partial charge in [0.25, 0.3) is 0 Å². The minimum atomic E-state index is -0.00498. The maximum atomic E-state index is 10.8. The van der Waals surface area contributed by atoms with E-state index in [9.17, 15) is 9.90 Å². The minimum absolute atomic E-state index is 0.00498. The summed E-state index contributed by atoms with van der Waals surface area (Å²) in [6.45, 7) is 1.50. The second-order valence-electron chi connectivity index (χ2n) is 3.06. The monoisotopic (exact) mass is 232 g/mol. The largest absolute Gasteiger partial charge is 0.506 e. The third-order valence-corrected chi connectivity index (χ3v) is 2.67. The van der Waals surface area contributed by atoms with Crippen LogP contribution in [0.1, 0.15) is 18.9 Å². The number of benzene rings is 1. The number of hydrogen-bond donors (Lipinski definition) is 1. The molecule has 0 unspecified atom stereocenters. The van der Waals surface area contributed by atoms with Gasteiger partial charge in [-0.05, 0) is 31.0 Å². The van der Waals surface area contributed by atoms with Crippen molar-refractivity contribution in [3.63, 3.8) is 0 Å². The maximum Gasteiger partial charge on any atom is 0.134 e. The van der Waals surface area contributed by atoms with E-state index in [4.69, 9.17) is 23.2 Å². The van der Waals surface area contributed by atoms with Gasteiger partial charge in [0.1, 0.15) is 11.5 Å². The van der Waals surface area contributed by atoms with Crippen LogP contribution in [0.15, 0.2) is 12.1 Å². The van der Waals surface area contributed by atoms with Crippen LogP contribution in [0, 0.1) is 0 Å². The van der Waals surface area contributed by atoms with Crippen LogP contribution in [0.5, 0.6) is 5.75 Å². The quantitative estimate of drug-likeness (QED) is 0.870. The van der Waals surface area contributed by atoms with E-state index in [-0.39, 0.29) is 16.6 Å². The minimum Gasteiger partial charge on any atom is -0.506 e. The molecule has 0 aromatic heterocycles. The highest BCUT2D eigenvalue weighted by Crippen LogP contribution is 2.33. The lowest BCUT2D eigenvalue weighted by Gasteiger charge is -2.06. The van der Waals surface area contributed by atoms with Crippen molar-refractivity contribution in [2.45, 2.75) is 19.8 Å². The molecule has 0 amide bonds. The molecule has 2 nitrogen and oxygen atoms in total. The van der Waals surface area contributed by atoms with Crippen LogP contribution < -0.4 is 0 Å². The van der Waals surface area contributed by atoms with E-state index < -0.39 is 0 Å². The van der Waals surface area contributed by atoms with E-state index in [2.05, 4.69) is 0 Å². The fourth-order valence-electron chi connectivity index (χ4n) is 1.12. The van der Waals surface area contributed by atoms with E-state index in [0.29, 0.717) is 23.4 Å². The van der Waals surface area contributed by atoms with Crippen LogP contribution in [0.4, 0.5) is 0 Å². The summed E-state index contributed by atoms with van der Waals surface area (Å²) in [4.78, 5) is 10.8. The smallest absolute Gasteiger partial charge is 0.134 e. The first-order valence-electron chi connectivity index (χ1n) is 4.17. The fraction of sp³-hybridized carbons (Fsp3) is 0.300. The predicted molar refractivity (Wildman–Crippen MR) is 57.1 cm³/mol. The Hall–Kier alpha value is -0.730. The van der Waals surface area contributed by atoms with Gasteiger partial charge in [-0.15, -0.1) is 0 Å². The van der Waals surface area contributed by atoms with E-state index in [1.165, 1.54) is 13.0 Å². The van der Waals surface area contributed by atoms with Crippen molar-refractivity contribution in [1.82, 2.24) is 0 Å². The highest BCUT2D eigenvalue weighted by Gasteiger charge is 2.10. The van der Waals surface area contributed by atoms with Gasteiger partial charge in [0.15, 0.2) is 0 Å². The number of carbonyl (C=O) groups is 1. The molecule has 0 spiro atoms. The Morgan fingerprint density at radius 2 is 2.07 bits per heavy atom. The van der Waals surface area contributed by atoms with Gasteiger partial charge in [-0.3, -0.25) is 0 Å². The Morgan fingerprint density at radius 3 is 2.64 bits per heavy atom. The molecular weight excluding hydrogens is 223 g/mol. The molecule has 76 valence electrons. The second-order valence-corrected chi connectivity index (χ2v) is 3.85. The van der Waals surface area contributed by atoms with Crippen molar-refractivity contribution in [3.8, 4) is 5.75 Å². The molecule has 1 aromatic carbocycles. The molecular formula is C10H10Cl2O2. The van der Waals surface area contributed by atoms with E-state index in [1.54, 1.807) is 6.07 Å². The van der Waals surface area contributed by atoms with E-state index in [1.807, 2.05) is 0 Å². The molecule has 0 aliphatic carbocycles. The van der Waals surface area contributed by atoms with E-state index >= 15 is 0 Å². The van der Waals surface area contributed by atoms with Gasteiger partial charge in [-0.25, -0.2) is 0 Å².